The van der Waals surface area contributed by atoms with E-state index in [1.807, 2.05) is 0 Å². The van der Waals surface area contributed by atoms with Gasteiger partial charge in [0.15, 0.2) is 0 Å². The van der Waals surface area contributed by atoms with Crippen LogP contribution in [0, 0.1) is 17.3 Å². The topological polar surface area (TPSA) is 66.4 Å². The molecule has 0 saturated heterocycles. The first kappa shape index (κ1) is 14.4. The number of aliphatic carboxylic acids is 1. The Hall–Kier alpha value is -1.06. The predicted octanol–water partition coefficient (Wildman–Crippen LogP) is 2.57. The number of carboxylic acid groups (broad SMARTS) is 1. The summed E-state index contributed by atoms with van der Waals surface area (Å²) in [5, 5.41) is 12.2. The third-order valence-corrected chi connectivity index (χ3v) is 4.72. The van der Waals surface area contributed by atoms with Crippen LogP contribution in [0.5, 0.6) is 0 Å². The Kier molecular flexibility index (Phi) is 4.16. The number of carbonyl (C=O) groups is 2. The quantitative estimate of drug-likeness (QED) is 0.826. The van der Waals surface area contributed by atoms with Crippen LogP contribution >= 0.6 is 0 Å². The number of hydrogen-bond acceptors (Lipinski definition) is 2. The zero-order chi connectivity index (χ0) is 14.0. The van der Waals surface area contributed by atoms with E-state index < -0.39 is 11.9 Å². The van der Waals surface area contributed by atoms with E-state index >= 15 is 0 Å². The number of amides is 1. The predicted molar refractivity (Wildman–Crippen MR) is 72.6 cm³/mol. The van der Waals surface area contributed by atoms with Gasteiger partial charge in [-0.15, -0.1) is 0 Å². The van der Waals surface area contributed by atoms with E-state index in [1.54, 1.807) is 0 Å². The van der Waals surface area contributed by atoms with Gasteiger partial charge in [0.2, 0.25) is 5.91 Å². The average Bonchev–Trinajstić information content (AvgIpc) is 2.76. The van der Waals surface area contributed by atoms with Crippen LogP contribution in [0.3, 0.4) is 0 Å². The molecule has 0 aromatic heterocycles. The molecule has 0 bridgehead atoms. The van der Waals surface area contributed by atoms with Crippen molar-refractivity contribution >= 4 is 11.9 Å². The van der Waals surface area contributed by atoms with Crippen molar-refractivity contribution in [3.05, 3.63) is 0 Å². The van der Waals surface area contributed by atoms with Gasteiger partial charge >= 0.3 is 5.97 Å². The van der Waals surface area contributed by atoms with Crippen LogP contribution in [-0.2, 0) is 9.59 Å². The molecule has 2 aliphatic carbocycles. The van der Waals surface area contributed by atoms with Gasteiger partial charge in [-0.2, -0.15) is 0 Å². The molecule has 0 aromatic carbocycles. The van der Waals surface area contributed by atoms with Gasteiger partial charge in [-0.3, -0.25) is 9.59 Å². The zero-order valence-corrected chi connectivity index (χ0v) is 11.9. The maximum Gasteiger partial charge on any atom is 0.307 e. The molecular formula is C15H25NO3. The minimum atomic E-state index is -0.818. The van der Waals surface area contributed by atoms with Gasteiger partial charge in [-0.1, -0.05) is 26.7 Å². The van der Waals surface area contributed by atoms with E-state index in [-0.39, 0.29) is 23.3 Å². The minimum absolute atomic E-state index is 0.0346. The Balaban J connectivity index is 1.92. The van der Waals surface area contributed by atoms with Crippen LogP contribution in [0.1, 0.15) is 58.8 Å². The lowest BCUT2D eigenvalue weighted by atomic mass is 9.75. The van der Waals surface area contributed by atoms with Crippen molar-refractivity contribution in [1.29, 1.82) is 0 Å². The summed E-state index contributed by atoms with van der Waals surface area (Å²) in [6.07, 6.45) is 6.60. The van der Waals surface area contributed by atoms with Gasteiger partial charge in [-0.25, -0.2) is 0 Å². The van der Waals surface area contributed by atoms with Crippen molar-refractivity contribution in [1.82, 2.24) is 5.32 Å². The second-order valence-electron chi connectivity index (χ2n) is 6.95. The molecule has 19 heavy (non-hydrogen) atoms. The van der Waals surface area contributed by atoms with E-state index in [2.05, 4.69) is 19.2 Å². The van der Waals surface area contributed by atoms with Crippen molar-refractivity contribution in [3.8, 4) is 0 Å². The number of nitrogens with one attached hydrogen (secondary N) is 1. The smallest absolute Gasteiger partial charge is 0.307 e. The van der Waals surface area contributed by atoms with E-state index in [0.29, 0.717) is 6.42 Å². The first-order valence-electron chi connectivity index (χ1n) is 7.42. The van der Waals surface area contributed by atoms with Crippen molar-refractivity contribution in [3.63, 3.8) is 0 Å². The number of hydrogen-bond donors (Lipinski definition) is 2. The highest BCUT2D eigenvalue weighted by molar-refractivity contribution is 5.85. The van der Waals surface area contributed by atoms with Gasteiger partial charge in [0, 0.05) is 6.04 Å². The lowest BCUT2D eigenvalue weighted by Crippen LogP contribution is -2.44. The molecule has 2 N–H and O–H groups in total. The standard InChI is InChI=1S/C15H25NO3/c1-15(2)8-4-5-10(9-15)16-13(17)11-6-3-7-12(11)14(18)19/h10-12H,3-9H2,1-2H3,(H,16,17)(H,18,19)/t10?,11-,12+/m1/s1. The molecule has 2 saturated carbocycles. The third-order valence-electron chi connectivity index (χ3n) is 4.72. The van der Waals surface area contributed by atoms with Crippen molar-refractivity contribution in [2.75, 3.05) is 0 Å². The average molecular weight is 267 g/mol. The van der Waals surface area contributed by atoms with E-state index in [0.717, 1.165) is 32.1 Å². The summed E-state index contributed by atoms with van der Waals surface area (Å²) < 4.78 is 0. The molecule has 0 aromatic rings. The van der Waals surface area contributed by atoms with E-state index in [4.69, 9.17) is 5.11 Å². The molecule has 4 heteroatoms. The first-order chi connectivity index (χ1) is 8.89. The second kappa shape index (κ2) is 5.51. The molecule has 0 radical (unpaired) electrons. The Labute approximate surface area is 115 Å². The lowest BCUT2D eigenvalue weighted by Gasteiger charge is -2.36. The van der Waals surface area contributed by atoms with E-state index in [1.165, 1.54) is 6.42 Å². The van der Waals surface area contributed by atoms with Crippen molar-refractivity contribution < 1.29 is 14.7 Å². The molecule has 2 rings (SSSR count). The van der Waals surface area contributed by atoms with Gasteiger partial charge in [0.1, 0.15) is 0 Å². The van der Waals surface area contributed by atoms with Gasteiger partial charge in [0.25, 0.3) is 0 Å². The molecular weight excluding hydrogens is 242 g/mol. The third kappa shape index (κ3) is 3.48. The molecule has 0 heterocycles. The molecule has 4 nitrogen and oxygen atoms in total. The summed E-state index contributed by atoms with van der Waals surface area (Å²) in [7, 11) is 0. The first-order valence-corrected chi connectivity index (χ1v) is 7.42. The summed E-state index contributed by atoms with van der Waals surface area (Å²) in [5.41, 5.74) is 0.290. The van der Waals surface area contributed by atoms with Crippen molar-refractivity contribution in [2.45, 2.75) is 64.8 Å². The highest BCUT2D eigenvalue weighted by Crippen LogP contribution is 2.36. The van der Waals surface area contributed by atoms with Crippen LogP contribution in [0.4, 0.5) is 0 Å². The number of carbonyl (C=O) groups excluding carboxylic acids is 1. The Bertz CT molecular complexity index is 364. The fourth-order valence-electron chi connectivity index (χ4n) is 3.70. The molecule has 0 spiro atoms. The van der Waals surface area contributed by atoms with E-state index in [9.17, 15) is 9.59 Å². The fourth-order valence-corrected chi connectivity index (χ4v) is 3.70. The van der Waals surface area contributed by atoms with Crippen LogP contribution in [-0.4, -0.2) is 23.0 Å². The summed E-state index contributed by atoms with van der Waals surface area (Å²) in [4.78, 5) is 23.4. The molecule has 1 unspecified atom stereocenters. The SMILES string of the molecule is CC1(C)CCCC(NC(=O)[C@@H]2CCC[C@@H]2C(=O)O)C1. The summed E-state index contributed by atoms with van der Waals surface area (Å²) in [6.45, 7) is 4.47. The van der Waals surface area contributed by atoms with Crippen LogP contribution < -0.4 is 5.32 Å². The largest absolute Gasteiger partial charge is 0.481 e. The van der Waals surface area contributed by atoms with Gasteiger partial charge in [-0.05, 0) is 37.5 Å². The second-order valence-corrected chi connectivity index (χ2v) is 6.95. The van der Waals surface area contributed by atoms with Gasteiger partial charge in [0.05, 0.1) is 11.8 Å². The number of rotatable bonds is 3. The monoisotopic (exact) mass is 267 g/mol. The summed E-state index contributed by atoms with van der Waals surface area (Å²) >= 11 is 0. The summed E-state index contributed by atoms with van der Waals surface area (Å²) in [6, 6.07) is 0.228. The van der Waals surface area contributed by atoms with Crippen LogP contribution in [0.15, 0.2) is 0 Å². The molecule has 3 atom stereocenters. The molecule has 1 amide bonds. The Morgan fingerprint density at radius 3 is 2.42 bits per heavy atom. The Morgan fingerprint density at radius 2 is 1.79 bits per heavy atom. The molecule has 2 aliphatic rings. The van der Waals surface area contributed by atoms with Gasteiger partial charge < -0.3 is 10.4 Å². The molecule has 0 aliphatic heterocycles. The molecule has 2 fully saturated rings. The Morgan fingerprint density at radius 1 is 1.11 bits per heavy atom. The normalized spacial score (nSPS) is 33.9. The van der Waals surface area contributed by atoms with Crippen LogP contribution in [0.2, 0.25) is 0 Å². The highest BCUT2D eigenvalue weighted by Gasteiger charge is 2.39. The minimum Gasteiger partial charge on any atom is -0.481 e. The fraction of sp³-hybridized carbons (Fsp3) is 0.867. The van der Waals surface area contributed by atoms with Crippen LogP contribution in [0.25, 0.3) is 0 Å². The van der Waals surface area contributed by atoms with Crippen molar-refractivity contribution in [2.24, 2.45) is 17.3 Å². The number of carboxylic acids is 1. The highest BCUT2D eigenvalue weighted by atomic mass is 16.4. The summed E-state index contributed by atoms with van der Waals surface area (Å²) in [5.74, 6) is -1.65. The maximum atomic E-state index is 12.3. The lowest BCUT2D eigenvalue weighted by molar-refractivity contribution is -0.146. The molecule has 108 valence electrons. The maximum absolute atomic E-state index is 12.3. The zero-order valence-electron chi connectivity index (χ0n) is 11.9.